The van der Waals surface area contributed by atoms with Gasteiger partial charge in [-0.15, -0.1) is 0 Å². The predicted octanol–water partition coefficient (Wildman–Crippen LogP) is 3.98. The predicted molar refractivity (Wildman–Crippen MR) is 121 cm³/mol. The summed E-state index contributed by atoms with van der Waals surface area (Å²) in [6.07, 6.45) is 0.977. The van der Waals surface area contributed by atoms with Crippen molar-refractivity contribution >= 4 is 44.7 Å². The Hall–Kier alpha value is -2.71. The molecule has 158 valence electrons. The minimum Gasteiger partial charge on any atom is -0.382 e. The fourth-order valence-corrected chi connectivity index (χ4v) is 3.31. The number of benzene rings is 2. The molecule has 0 aliphatic carbocycles. The first kappa shape index (κ1) is 22.0. The van der Waals surface area contributed by atoms with Gasteiger partial charge in [-0.3, -0.25) is 14.9 Å². The van der Waals surface area contributed by atoms with Crippen LogP contribution in [0.2, 0.25) is 0 Å². The first-order valence-electron chi connectivity index (χ1n) is 9.95. The van der Waals surface area contributed by atoms with Crippen molar-refractivity contribution in [3.05, 3.63) is 58.6 Å². The van der Waals surface area contributed by atoms with E-state index in [4.69, 9.17) is 4.74 Å². The highest BCUT2D eigenvalue weighted by Crippen LogP contribution is 2.20. The Morgan fingerprint density at radius 1 is 1.13 bits per heavy atom. The molecular formula is C22H25BrN4O3. The van der Waals surface area contributed by atoms with Crippen molar-refractivity contribution in [1.82, 2.24) is 14.9 Å². The molecule has 2 aromatic carbocycles. The molecule has 1 aromatic heterocycles. The summed E-state index contributed by atoms with van der Waals surface area (Å²) in [4.78, 5) is 29.1. The van der Waals surface area contributed by atoms with Gasteiger partial charge >= 0.3 is 0 Å². The van der Waals surface area contributed by atoms with E-state index in [0.717, 1.165) is 21.9 Å². The van der Waals surface area contributed by atoms with Crippen molar-refractivity contribution in [3.8, 4) is 0 Å². The molecule has 0 bridgehead atoms. The molecule has 0 aliphatic rings. The summed E-state index contributed by atoms with van der Waals surface area (Å²) in [6, 6.07) is 14.8. The number of para-hydroxylation sites is 2. The summed E-state index contributed by atoms with van der Waals surface area (Å²) in [5, 5.41) is 5.64. The molecule has 7 nitrogen and oxygen atoms in total. The number of nitrogens with one attached hydrogen (secondary N) is 2. The highest BCUT2D eigenvalue weighted by molar-refractivity contribution is 9.10. The van der Waals surface area contributed by atoms with E-state index in [0.29, 0.717) is 31.3 Å². The lowest BCUT2D eigenvalue weighted by Gasteiger charge is -2.10. The molecule has 2 N–H and O–H groups in total. The van der Waals surface area contributed by atoms with Crippen molar-refractivity contribution in [2.75, 3.05) is 25.1 Å². The van der Waals surface area contributed by atoms with Crippen molar-refractivity contribution in [3.63, 3.8) is 0 Å². The molecule has 3 rings (SSSR count). The van der Waals surface area contributed by atoms with Crippen LogP contribution in [0.3, 0.4) is 0 Å². The van der Waals surface area contributed by atoms with Gasteiger partial charge in [-0.05, 0) is 49.7 Å². The lowest BCUT2D eigenvalue weighted by atomic mass is 10.2. The van der Waals surface area contributed by atoms with Crippen LogP contribution < -0.4 is 10.6 Å². The summed E-state index contributed by atoms with van der Waals surface area (Å²) < 4.78 is 8.32. The van der Waals surface area contributed by atoms with Gasteiger partial charge in [-0.1, -0.05) is 28.1 Å². The zero-order chi connectivity index (χ0) is 21.3. The third-order valence-electron chi connectivity index (χ3n) is 4.52. The maximum Gasteiger partial charge on any atom is 0.251 e. The van der Waals surface area contributed by atoms with E-state index < -0.39 is 0 Å². The Bertz CT molecular complexity index is 1000. The smallest absolute Gasteiger partial charge is 0.251 e. The number of hydrogen-bond acceptors (Lipinski definition) is 4. The Balaban J connectivity index is 1.57. The molecular weight excluding hydrogens is 448 g/mol. The van der Waals surface area contributed by atoms with Crippen molar-refractivity contribution in [2.45, 2.75) is 26.3 Å². The van der Waals surface area contributed by atoms with E-state index in [-0.39, 0.29) is 24.8 Å². The summed E-state index contributed by atoms with van der Waals surface area (Å²) in [7, 11) is 0. The van der Waals surface area contributed by atoms with E-state index in [1.54, 1.807) is 24.3 Å². The average Bonchev–Trinajstić information content (AvgIpc) is 3.08. The first-order chi connectivity index (χ1) is 14.6. The number of nitrogens with zero attached hydrogens (tertiary/aromatic N) is 2. The van der Waals surface area contributed by atoms with Crippen LogP contribution in [0.15, 0.2) is 53.0 Å². The number of carbonyl (C=O) groups is 2. The molecule has 0 fully saturated rings. The van der Waals surface area contributed by atoms with Crippen molar-refractivity contribution in [1.29, 1.82) is 0 Å². The summed E-state index contributed by atoms with van der Waals surface area (Å²) in [5.74, 6) is 0.0999. The van der Waals surface area contributed by atoms with Crippen LogP contribution in [-0.4, -0.2) is 41.1 Å². The van der Waals surface area contributed by atoms with Crippen molar-refractivity contribution in [2.24, 2.45) is 0 Å². The topological polar surface area (TPSA) is 85.2 Å². The molecule has 2 amide bonds. The number of ether oxygens (including phenoxy) is 1. The monoisotopic (exact) mass is 472 g/mol. The molecule has 0 unspecified atom stereocenters. The maximum atomic E-state index is 12.4. The number of aryl methyl sites for hydroxylation is 1. The molecule has 0 radical (unpaired) electrons. The maximum absolute atomic E-state index is 12.4. The highest BCUT2D eigenvalue weighted by Gasteiger charge is 2.13. The Morgan fingerprint density at radius 2 is 1.90 bits per heavy atom. The number of halogens is 1. The highest BCUT2D eigenvalue weighted by atomic mass is 79.9. The van der Waals surface area contributed by atoms with E-state index >= 15 is 0 Å². The van der Waals surface area contributed by atoms with Gasteiger partial charge in [-0.25, -0.2) is 4.98 Å². The van der Waals surface area contributed by atoms with Gasteiger partial charge in [0, 0.05) is 42.8 Å². The summed E-state index contributed by atoms with van der Waals surface area (Å²) in [5.41, 5.74) is 2.34. The second-order valence-corrected chi connectivity index (χ2v) is 7.60. The van der Waals surface area contributed by atoms with E-state index in [2.05, 4.69) is 31.5 Å². The molecule has 0 saturated carbocycles. The molecule has 30 heavy (non-hydrogen) atoms. The number of anilines is 1. The van der Waals surface area contributed by atoms with Crippen LogP contribution in [0, 0.1) is 0 Å². The number of hydrogen-bond donors (Lipinski definition) is 2. The largest absolute Gasteiger partial charge is 0.382 e. The number of imidazole rings is 1. The van der Waals surface area contributed by atoms with E-state index in [1.807, 2.05) is 35.8 Å². The molecule has 0 aliphatic heterocycles. The van der Waals surface area contributed by atoms with Crippen molar-refractivity contribution < 1.29 is 14.3 Å². The molecule has 1 heterocycles. The third-order valence-corrected chi connectivity index (χ3v) is 5.05. The van der Waals surface area contributed by atoms with Crippen LogP contribution in [0.1, 0.15) is 30.1 Å². The number of carbonyl (C=O) groups excluding carboxylic acids is 2. The SMILES string of the molecule is CCOCCCn1c(NC(=O)CCNC(=O)c2ccc(Br)cc2)nc2ccccc21. The standard InChI is InChI=1S/C22H25BrN4O3/c1-2-30-15-5-14-27-19-7-4-3-6-18(19)25-22(27)26-20(28)12-13-24-21(29)16-8-10-17(23)11-9-16/h3-4,6-11H,2,5,12-15H2,1H3,(H,24,29)(H,25,26,28). The fraction of sp³-hybridized carbons (Fsp3) is 0.318. The minimum atomic E-state index is -0.210. The normalized spacial score (nSPS) is 10.9. The number of aromatic nitrogens is 2. The quantitative estimate of drug-likeness (QED) is 0.437. The second kappa shape index (κ2) is 10.9. The van der Waals surface area contributed by atoms with Crippen LogP contribution in [-0.2, 0) is 16.1 Å². The summed E-state index contributed by atoms with van der Waals surface area (Å²) >= 11 is 3.34. The number of amides is 2. The van der Waals surface area contributed by atoms with E-state index in [9.17, 15) is 9.59 Å². The number of rotatable bonds is 10. The molecule has 0 saturated heterocycles. The second-order valence-electron chi connectivity index (χ2n) is 6.69. The zero-order valence-corrected chi connectivity index (χ0v) is 18.4. The van der Waals surface area contributed by atoms with Gasteiger partial charge in [0.25, 0.3) is 5.91 Å². The number of fused-ring (bicyclic) bond motifs is 1. The molecule has 3 aromatic rings. The summed E-state index contributed by atoms with van der Waals surface area (Å²) in [6.45, 7) is 4.23. The van der Waals surface area contributed by atoms with Gasteiger partial charge in [-0.2, -0.15) is 0 Å². The van der Waals surface area contributed by atoms with E-state index in [1.165, 1.54) is 0 Å². The third kappa shape index (κ3) is 5.90. The van der Waals surface area contributed by atoms with Crippen LogP contribution in [0.5, 0.6) is 0 Å². The average molecular weight is 473 g/mol. The lowest BCUT2D eigenvalue weighted by Crippen LogP contribution is -2.28. The van der Waals surface area contributed by atoms with Gasteiger partial charge in [0.15, 0.2) is 0 Å². The Labute approximate surface area is 183 Å². The van der Waals surface area contributed by atoms with Crippen LogP contribution in [0.25, 0.3) is 11.0 Å². The molecule has 0 atom stereocenters. The zero-order valence-electron chi connectivity index (χ0n) is 16.9. The fourth-order valence-electron chi connectivity index (χ4n) is 3.05. The van der Waals surface area contributed by atoms with Crippen LogP contribution >= 0.6 is 15.9 Å². The van der Waals surface area contributed by atoms with Gasteiger partial charge in [0.1, 0.15) is 0 Å². The van der Waals surface area contributed by atoms with Gasteiger partial charge < -0.3 is 14.6 Å². The Morgan fingerprint density at radius 3 is 2.67 bits per heavy atom. The van der Waals surface area contributed by atoms with Gasteiger partial charge in [0.05, 0.1) is 11.0 Å². The lowest BCUT2D eigenvalue weighted by molar-refractivity contribution is -0.116. The molecule has 8 heteroatoms. The van der Waals surface area contributed by atoms with Gasteiger partial charge in [0.2, 0.25) is 11.9 Å². The Kier molecular flexibility index (Phi) is 7.98. The minimum absolute atomic E-state index is 0.157. The van der Waals surface area contributed by atoms with Crippen LogP contribution in [0.4, 0.5) is 5.95 Å². The molecule has 0 spiro atoms. The first-order valence-corrected chi connectivity index (χ1v) is 10.7.